The van der Waals surface area contributed by atoms with Crippen LogP contribution in [-0.4, -0.2) is 96.1 Å². The van der Waals surface area contributed by atoms with E-state index in [0.29, 0.717) is 0 Å². The predicted octanol–water partition coefficient (Wildman–Crippen LogP) is -7.66. The minimum Gasteiger partial charge on any atom is -0.480 e. The van der Waals surface area contributed by atoms with Gasteiger partial charge in [-0.3, -0.25) is 43.2 Å². The van der Waals surface area contributed by atoms with Crippen LogP contribution in [0.5, 0.6) is 0 Å². The van der Waals surface area contributed by atoms with Crippen LogP contribution in [0.3, 0.4) is 0 Å². The Morgan fingerprint density at radius 3 is 1.27 bits per heavy atom. The third-order valence-electron chi connectivity index (χ3n) is 4.13. The lowest BCUT2D eigenvalue weighted by Crippen LogP contribution is -2.55. The standard InChI is InChI=1S/C18H29N9O10/c19-7(1-10(20)28)16(35)23-4-13(31)26-8(2-11(21)29)17(36)24-5-14(32)27-9(3-12(22)30)18(37)25-6-15(33)34/h7-9H,1-6,19H2,(H2,20,28)(H2,21,29)(H2,22,30)(H,23,35)(H,24,36)(H,25,37)(H,26,31)(H,27,32)(H,33,34)/t7-,8-,9-/m0/s1. The third kappa shape index (κ3) is 14.9. The van der Waals surface area contributed by atoms with Crippen molar-refractivity contribution < 1.29 is 48.3 Å². The summed E-state index contributed by atoms with van der Waals surface area (Å²) < 4.78 is 0. The summed E-state index contributed by atoms with van der Waals surface area (Å²) >= 11 is 0. The molecule has 0 aliphatic carbocycles. The number of aliphatic carboxylic acids is 1. The van der Waals surface area contributed by atoms with Gasteiger partial charge in [-0.25, -0.2) is 0 Å². The molecule has 206 valence electrons. The lowest BCUT2D eigenvalue weighted by molar-refractivity contribution is -0.138. The molecule has 0 radical (unpaired) electrons. The maximum atomic E-state index is 12.4. The Bertz CT molecular complexity index is 939. The van der Waals surface area contributed by atoms with Crippen molar-refractivity contribution in [2.45, 2.75) is 37.4 Å². The van der Waals surface area contributed by atoms with Crippen LogP contribution in [0.25, 0.3) is 0 Å². The van der Waals surface area contributed by atoms with Gasteiger partial charge in [0, 0.05) is 0 Å². The first-order valence-corrected chi connectivity index (χ1v) is 10.4. The van der Waals surface area contributed by atoms with Gasteiger partial charge >= 0.3 is 5.97 Å². The van der Waals surface area contributed by atoms with E-state index >= 15 is 0 Å². The number of amides is 8. The molecule has 37 heavy (non-hydrogen) atoms. The van der Waals surface area contributed by atoms with E-state index in [-0.39, 0.29) is 0 Å². The molecule has 8 amide bonds. The van der Waals surface area contributed by atoms with Crippen molar-refractivity contribution in [3.8, 4) is 0 Å². The number of hydrogen-bond acceptors (Lipinski definition) is 10. The largest absolute Gasteiger partial charge is 0.480 e. The zero-order chi connectivity index (χ0) is 28.7. The molecule has 3 atom stereocenters. The maximum absolute atomic E-state index is 12.4. The molecule has 0 aromatic carbocycles. The second-order valence-corrected chi connectivity index (χ2v) is 7.41. The van der Waals surface area contributed by atoms with Gasteiger partial charge < -0.3 is 54.6 Å². The minimum absolute atomic E-state index is 0.482. The van der Waals surface area contributed by atoms with Crippen molar-refractivity contribution in [2.24, 2.45) is 22.9 Å². The van der Waals surface area contributed by atoms with E-state index in [1.807, 2.05) is 5.32 Å². The Hall–Kier alpha value is -4.81. The van der Waals surface area contributed by atoms with Gasteiger partial charge in [-0.05, 0) is 0 Å². The summed E-state index contributed by atoms with van der Waals surface area (Å²) in [5, 5.41) is 18.9. The predicted molar refractivity (Wildman–Crippen MR) is 120 cm³/mol. The molecule has 0 aliphatic rings. The first-order chi connectivity index (χ1) is 17.1. The van der Waals surface area contributed by atoms with Crippen LogP contribution in [0.4, 0.5) is 0 Å². The molecule has 0 rings (SSSR count). The zero-order valence-corrected chi connectivity index (χ0v) is 19.4. The number of carboxylic acid groups (broad SMARTS) is 1. The lowest BCUT2D eigenvalue weighted by Gasteiger charge is -2.19. The van der Waals surface area contributed by atoms with Crippen LogP contribution in [0.1, 0.15) is 19.3 Å². The fourth-order valence-electron chi connectivity index (χ4n) is 2.50. The zero-order valence-electron chi connectivity index (χ0n) is 19.4. The van der Waals surface area contributed by atoms with Crippen LogP contribution in [0, 0.1) is 0 Å². The van der Waals surface area contributed by atoms with Crippen LogP contribution >= 0.6 is 0 Å². The molecule has 0 unspecified atom stereocenters. The maximum Gasteiger partial charge on any atom is 0.322 e. The van der Waals surface area contributed by atoms with Gasteiger partial charge in [-0.2, -0.15) is 0 Å². The van der Waals surface area contributed by atoms with Gasteiger partial charge in [-0.1, -0.05) is 0 Å². The third-order valence-corrected chi connectivity index (χ3v) is 4.13. The van der Waals surface area contributed by atoms with Crippen LogP contribution in [-0.2, 0) is 43.2 Å². The van der Waals surface area contributed by atoms with Crippen molar-refractivity contribution in [1.29, 1.82) is 0 Å². The van der Waals surface area contributed by atoms with Gasteiger partial charge in [-0.15, -0.1) is 0 Å². The Morgan fingerprint density at radius 1 is 0.568 bits per heavy atom. The van der Waals surface area contributed by atoms with Crippen molar-refractivity contribution in [3.63, 3.8) is 0 Å². The molecule has 0 spiro atoms. The molecule has 0 fully saturated rings. The number of primary amides is 3. The number of hydrogen-bond donors (Lipinski definition) is 10. The Labute approximate surface area is 208 Å². The van der Waals surface area contributed by atoms with Crippen LogP contribution in [0.2, 0.25) is 0 Å². The van der Waals surface area contributed by atoms with Crippen molar-refractivity contribution in [2.75, 3.05) is 19.6 Å². The molecule has 0 heterocycles. The second kappa shape index (κ2) is 16.0. The summed E-state index contributed by atoms with van der Waals surface area (Å²) in [7, 11) is 0. The molecule has 0 saturated carbocycles. The number of nitrogens with two attached hydrogens (primary N) is 4. The highest BCUT2D eigenvalue weighted by atomic mass is 16.4. The molecule has 0 aromatic rings. The molecule has 19 heteroatoms. The monoisotopic (exact) mass is 531 g/mol. The van der Waals surface area contributed by atoms with E-state index in [4.69, 9.17) is 28.0 Å². The van der Waals surface area contributed by atoms with E-state index in [0.717, 1.165) is 0 Å². The lowest BCUT2D eigenvalue weighted by atomic mass is 10.1. The molecular formula is C18H29N9O10. The van der Waals surface area contributed by atoms with E-state index in [1.165, 1.54) is 0 Å². The van der Waals surface area contributed by atoms with E-state index in [2.05, 4.69) is 21.3 Å². The quantitative estimate of drug-likeness (QED) is 0.0839. The van der Waals surface area contributed by atoms with E-state index in [9.17, 15) is 43.2 Å². The highest BCUT2D eigenvalue weighted by Crippen LogP contribution is 1.95. The second-order valence-electron chi connectivity index (χ2n) is 7.41. The van der Waals surface area contributed by atoms with Gasteiger partial charge in [0.25, 0.3) is 0 Å². The average Bonchev–Trinajstić information content (AvgIpc) is 2.77. The summed E-state index contributed by atoms with van der Waals surface area (Å²) in [6.45, 7) is -2.30. The van der Waals surface area contributed by atoms with Crippen LogP contribution in [0.15, 0.2) is 0 Å². The normalized spacial score (nSPS) is 12.6. The SMILES string of the molecule is NC(=O)C[C@H](NC(=O)CNC(=O)[C@H](CC(N)=O)NC(=O)CNC(=O)[C@@H](N)CC(N)=O)C(=O)NCC(=O)O. The Kier molecular flexibility index (Phi) is 13.9. The van der Waals surface area contributed by atoms with Crippen molar-refractivity contribution in [1.82, 2.24) is 26.6 Å². The summed E-state index contributed by atoms with van der Waals surface area (Å²) in [6, 6.07) is -4.45. The first kappa shape index (κ1) is 32.2. The van der Waals surface area contributed by atoms with E-state index < -0.39 is 110 Å². The fraction of sp³-hybridized carbons (Fsp3) is 0.500. The molecule has 0 bridgehead atoms. The number of carbonyl (C=O) groups excluding carboxylic acids is 8. The molecule has 0 aliphatic heterocycles. The molecule has 0 aromatic heterocycles. The number of nitrogens with one attached hydrogen (secondary N) is 5. The summed E-state index contributed by atoms with van der Waals surface area (Å²) in [5.74, 6) is -9.18. The van der Waals surface area contributed by atoms with E-state index in [1.54, 1.807) is 0 Å². The molecule has 0 saturated heterocycles. The number of rotatable bonds is 17. The Balaban J connectivity index is 4.98. The fourth-order valence-corrected chi connectivity index (χ4v) is 2.50. The van der Waals surface area contributed by atoms with Gasteiger partial charge in [0.05, 0.1) is 38.4 Å². The summed E-state index contributed by atoms with van der Waals surface area (Å²) in [6.07, 6.45) is -1.86. The number of carboxylic acids is 1. The smallest absolute Gasteiger partial charge is 0.322 e. The average molecular weight is 531 g/mol. The molecule has 19 nitrogen and oxygen atoms in total. The highest BCUT2D eigenvalue weighted by molar-refractivity contribution is 5.97. The van der Waals surface area contributed by atoms with Crippen molar-refractivity contribution >= 4 is 53.2 Å². The molecule has 14 N–H and O–H groups in total. The molecular weight excluding hydrogens is 502 g/mol. The first-order valence-electron chi connectivity index (χ1n) is 10.4. The van der Waals surface area contributed by atoms with Crippen molar-refractivity contribution in [3.05, 3.63) is 0 Å². The summed E-state index contributed by atoms with van der Waals surface area (Å²) in [5.41, 5.74) is 20.4. The van der Waals surface area contributed by atoms with Gasteiger partial charge in [0.1, 0.15) is 18.6 Å². The number of carbonyl (C=O) groups is 9. The minimum atomic E-state index is -1.57. The summed E-state index contributed by atoms with van der Waals surface area (Å²) in [4.78, 5) is 104. The topological polar surface area (TPSA) is 338 Å². The Morgan fingerprint density at radius 2 is 0.919 bits per heavy atom. The van der Waals surface area contributed by atoms with Crippen LogP contribution < -0.4 is 49.5 Å². The van der Waals surface area contributed by atoms with Gasteiger partial charge in [0.15, 0.2) is 0 Å². The van der Waals surface area contributed by atoms with Gasteiger partial charge in [0.2, 0.25) is 47.3 Å². The highest BCUT2D eigenvalue weighted by Gasteiger charge is 2.26.